The van der Waals surface area contributed by atoms with Crippen LogP contribution in [0.1, 0.15) is 30.0 Å². The fourth-order valence-electron chi connectivity index (χ4n) is 3.40. The lowest BCUT2D eigenvalue weighted by Crippen LogP contribution is -2.42. The molecule has 1 atom stereocenters. The predicted molar refractivity (Wildman–Crippen MR) is 96.9 cm³/mol. The van der Waals surface area contributed by atoms with Gasteiger partial charge in [-0.25, -0.2) is 4.39 Å². The minimum atomic E-state index is -1.02. The summed E-state index contributed by atoms with van der Waals surface area (Å²) in [6.45, 7) is 1.58. The van der Waals surface area contributed by atoms with Crippen LogP contribution in [0.5, 0.6) is 5.75 Å². The van der Waals surface area contributed by atoms with Crippen molar-refractivity contribution in [2.75, 3.05) is 20.2 Å². The molecular weight excluding hydrogens is 351 g/mol. The first kappa shape index (κ1) is 19.3. The molecule has 2 heterocycles. The van der Waals surface area contributed by atoms with Crippen molar-refractivity contribution in [1.82, 2.24) is 9.88 Å². The van der Waals surface area contributed by atoms with E-state index >= 15 is 0 Å². The van der Waals surface area contributed by atoms with E-state index in [-0.39, 0.29) is 6.10 Å². The van der Waals surface area contributed by atoms with Crippen LogP contribution in [0.15, 0.2) is 42.7 Å². The maximum absolute atomic E-state index is 13.7. The molecule has 1 saturated heterocycles. The second kappa shape index (κ2) is 8.92. The number of carbonyl (C=O) groups is 1. The number of carboxylic acids is 1. The van der Waals surface area contributed by atoms with Crippen LogP contribution in [0.2, 0.25) is 0 Å². The van der Waals surface area contributed by atoms with E-state index in [1.165, 1.54) is 25.3 Å². The van der Waals surface area contributed by atoms with Crippen molar-refractivity contribution in [2.24, 2.45) is 0 Å². The van der Waals surface area contributed by atoms with Crippen LogP contribution in [-0.4, -0.2) is 47.3 Å². The van der Waals surface area contributed by atoms with Crippen LogP contribution in [0.25, 0.3) is 0 Å². The van der Waals surface area contributed by atoms with E-state index < -0.39 is 17.8 Å². The number of likely N-dealkylation sites (tertiary alicyclic amines) is 1. The number of pyridine rings is 1. The molecule has 0 spiro atoms. The molecule has 3 rings (SSSR count). The highest BCUT2D eigenvalue weighted by molar-refractivity contribution is 5.76. The van der Waals surface area contributed by atoms with Gasteiger partial charge in [-0.2, -0.15) is 0 Å². The maximum Gasteiger partial charge on any atom is 0.325 e. The molecule has 144 valence electrons. The Bertz CT molecular complexity index is 764. The average Bonchev–Trinajstić information content (AvgIpc) is 2.68. The number of aromatic nitrogens is 1. The number of aliphatic carboxylic acids is 1. The van der Waals surface area contributed by atoms with Crippen LogP contribution in [0, 0.1) is 5.82 Å². The van der Waals surface area contributed by atoms with Crippen molar-refractivity contribution in [2.45, 2.75) is 31.6 Å². The van der Waals surface area contributed by atoms with E-state index in [1.807, 2.05) is 17.0 Å². The number of benzene rings is 1. The quantitative estimate of drug-likeness (QED) is 0.803. The van der Waals surface area contributed by atoms with Crippen LogP contribution in [0.4, 0.5) is 4.39 Å². The fourth-order valence-corrected chi connectivity index (χ4v) is 3.40. The molecule has 1 aromatic heterocycles. The van der Waals surface area contributed by atoms with Gasteiger partial charge in [0.15, 0.2) is 0 Å². The SMILES string of the molecule is COc1ccc(F)cc1C(C(=O)O)N1CCC(OCc2cccnc2)CC1. The van der Waals surface area contributed by atoms with Gasteiger partial charge in [0.25, 0.3) is 0 Å². The minimum Gasteiger partial charge on any atom is -0.496 e. The Kier molecular flexibility index (Phi) is 6.36. The largest absolute Gasteiger partial charge is 0.496 e. The topological polar surface area (TPSA) is 71.9 Å². The highest BCUT2D eigenvalue weighted by Gasteiger charge is 2.33. The Balaban J connectivity index is 1.64. The zero-order valence-corrected chi connectivity index (χ0v) is 15.2. The van der Waals surface area contributed by atoms with Gasteiger partial charge in [0.1, 0.15) is 17.6 Å². The Morgan fingerprint density at radius 2 is 2.15 bits per heavy atom. The molecule has 0 amide bonds. The molecule has 1 aromatic carbocycles. The minimum absolute atomic E-state index is 0.0605. The van der Waals surface area contributed by atoms with Gasteiger partial charge in [0.2, 0.25) is 0 Å². The van der Waals surface area contributed by atoms with Gasteiger partial charge in [-0.05, 0) is 42.7 Å². The lowest BCUT2D eigenvalue weighted by Gasteiger charge is -2.36. The lowest BCUT2D eigenvalue weighted by molar-refractivity contribution is -0.145. The fraction of sp³-hybridized carbons (Fsp3) is 0.400. The molecule has 1 aliphatic rings. The van der Waals surface area contributed by atoms with Gasteiger partial charge in [-0.1, -0.05) is 6.07 Å². The Morgan fingerprint density at radius 1 is 1.37 bits per heavy atom. The molecule has 27 heavy (non-hydrogen) atoms. The highest BCUT2D eigenvalue weighted by atomic mass is 19.1. The van der Waals surface area contributed by atoms with Crippen molar-refractivity contribution in [1.29, 1.82) is 0 Å². The molecule has 1 N–H and O–H groups in total. The molecule has 7 heteroatoms. The summed E-state index contributed by atoms with van der Waals surface area (Å²) in [5.74, 6) is -1.13. The monoisotopic (exact) mass is 374 g/mol. The molecule has 1 fully saturated rings. The molecule has 1 aliphatic heterocycles. The number of methoxy groups -OCH3 is 1. The summed E-state index contributed by atoms with van der Waals surface area (Å²) in [7, 11) is 1.45. The molecule has 0 saturated carbocycles. The first-order chi connectivity index (χ1) is 13.1. The third-order valence-corrected chi connectivity index (χ3v) is 4.77. The third kappa shape index (κ3) is 4.81. The molecule has 0 aliphatic carbocycles. The second-order valence-corrected chi connectivity index (χ2v) is 6.53. The van der Waals surface area contributed by atoms with E-state index in [0.717, 1.165) is 5.56 Å². The molecule has 0 bridgehead atoms. The van der Waals surface area contributed by atoms with Crippen LogP contribution in [0.3, 0.4) is 0 Å². The summed E-state index contributed by atoms with van der Waals surface area (Å²) >= 11 is 0. The first-order valence-electron chi connectivity index (χ1n) is 8.89. The number of carboxylic acid groups (broad SMARTS) is 1. The summed E-state index contributed by atoms with van der Waals surface area (Å²) in [5.41, 5.74) is 1.34. The van der Waals surface area contributed by atoms with E-state index in [2.05, 4.69) is 4.98 Å². The molecular formula is C20H23FN2O4. The van der Waals surface area contributed by atoms with Crippen LogP contribution in [-0.2, 0) is 16.1 Å². The van der Waals surface area contributed by atoms with Crippen LogP contribution < -0.4 is 4.74 Å². The Hall–Kier alpha value is -2.51. The number of nitrogens with zero attached hydrogens (tertiary/aromatic N) is 2. The van der Waals surface area contributed by atoms with E-state index in [9.17, 15) is 14.3 Å². The Morgan fingerprint density at radius 3 is 2.78 bits per heavy atom. The van der Waals surface area contributed by atoms with E-state index in [0.29, 0.717) is 43.9 Å². The van der Waals surface area contributed by atoms with Crippen molar-refractivity contribution >= 4 is 5.97 Å². The summed E-state index contributed by atoms with van der Waals surface area (Å²) in [6.07, 6.45) is 4.97. The van der Waals surface area contributed by atoms with Gasteiger partial charge in [0.05, 0.1) is 19.8 Å². The third-order valence-electron chi connectivity index (χ3n) is 4.77. The average molecular weight is 374 g/mol. The first-order valence-corrected chi connectivity index (χ1v) is 8.89. The van der Waals surface area contributed by atoms with Gasteiger partial charge in [-0.3, -0.25) is 14.7 Å². The normalized spacial score (nSPS) is 16.8. The van der Waals surface area contributed by atoms with Crippen molar-refractivity contribution in [3.63, 3.8) is 0 Å². The highest BCUT2D eigenvalue weighted by Crippen LogP contribution is 2.32. The van der Waals surface area contributed by atoms with Gasteiger partial charge in [0, 0.05) is 31.0 Å². The molecule has 2 aromatic rings. The molecule has 1 unspecified atom stereocenters. The summed E-state index contributed by atoms with van der Waals surface area (Å²) in [4.78, 5) is 17.8. The molecule has 0 radical (unpaired) electrons. The van der Waals surface area contributed by atoms with E-state index in [1.54, 1.807) is 12.4 Å². The predicted octanol–water partition coefficient (Wildman–Crippen LogP) is 3.04. The summed E-state index contributed by atoms with van der Waals surface area (Å²) in [5, 5.41) is 9.75. The van der Waals surface area contributed by atoms with Crippen molar-refractivity contribution in [3.8, 4) is 5.75 Å². The van der Waals surface area contributed by atoms with Gasteiger partial charge >= 0.3 is 5.97 Å². The second-order valence-electron chi connectivity index (χ2n) is 6.53. The van der Waals surface area contributed by atoms with Crippen molar-refractivity contribution < 1.29 is 23.8 Å². The number of hydrogen-bond acceptors (Lipinski definition) is 5. The van der Waals surface area contributed by atoms with Gasteiger partial charge in [-0.15, -0.1) is 0 Å². The van der Waals surface area contributed by atoms with Gasteiger partial charge < -0.3 is 14.6 Å². The summed E-state index contributed by atoms with van der Waals surface area (Å²) in [6, 6.07) is 6.84. The number of rotatable bonds is 7. The maximum atomic E-state index is 13.7. The zero-order valence-electron chi connectivity index (χ0n) is 15.2. The molecule has 6 nitrogen and oxygen atoms in total. The zero-order chi connectivity index (χ0) is 19.2. The number of piperidine rings is 1. The number of halogens is 1. The van der Waals surface area contributed by atoms with Crippen LogP contribution >= 0.6 is 0 Å². The Labute approximate surface area is 157 Å². The lowest BCUT2D eigenvalue weighted by atomic mass is 9.99. The van der Waals surface area contributed by atoms with Crippen molar-refractivity contribution in [3.05, 3.63) is 59.7 Å². The number of ether oxygens (including phenoxy) is 2. The standard InChI is InChI=1S/C20H23FN2O4/c1-26-18-5-4-15(21)11-17(18)19(20(24)25)23-9-6-16(7-10-23)27-13-14-3-2-8-22-12-14/h2-5,8,11-12,16,19H,6-7,9-10,13H2,1H3,(H,24,25). The smallest absolute Gasteiger partial charge is 0.325 e. The summed E-state index contributed by atoms with van der Waals surface area (Å²) < 4.78 is 24.9. The number of hydrogen-bond donors (Lipinski definition) is 1. The van der Waals surface area contributed by atoms with E-state index in [4.69, 9.17) is 9.47 Å².